The Morgan fingerprint density at radius 2 is 2.00 bits per heavy atom. The van der Waals surface area contributed by atoms with Crippen LogP contribution in [-0.2, 0) is 9.53 Å². The van der Waals surface area contributed by atoms with Crippen LogP contribution >= 0.6 is 11.6 Å². The molecule has 1 aromatic rings. The first-order valence-electron chi connectivity index (χ1n) is 7.40. The van der Waals surface area contributed by atoms with Crippen molar-refractivity contribution in [1.82, 2.24) is 5.32 Å². The van der Waals surface area contributed by atoms with Crippen molar-refractivity contribution < 1.29 is 23.8 Å². The number of hydrogen-bond donors (Lipinski definition) is 1. The second-order valence-corrected chi connectivity index (χ2v) is 6.07. The van der Waals surface area contributed by atoms with E-state index in [-0.39, 0.29) is 5.92 Å². The standard InChI is InChI=1S/C16H20ClNO5/c1-9(2)6-12(16(20)21-3)18-15(19)10-7-11(17)14-13(8-10)22-4-5-23-14/h7-9,12H,4-6H2,1-3H3,(H,18,19)/t12-/m1/s1. The number of hydrogen-bond acceptors (Lipinski definition) is 5. The van der Waals surface area contributed by atoms with Crippen LogP contribution in [0.25, 0.3) is 0 Å². The first-order valence-corrected chi connectivity index (χ1v) is 7.78. The lowest BCUT2D eigenvalue weighted by molar-refractivity contribution is -0.143. The predicted octanol–water partition coefficient (Wildman–Crippen LogP) is 2.43. The van der Waals surface area contributed by atoms with Gasteiger partial charge >= 0.3 is 5.97 Å². The van der Waals surface area contributed by atoms with Crippen LogP contribution in [0.2, 0.25) is 5.02 Å². The van der Waals surface area contributed by atoms with E-state index in [1.807, 2.05) is 13.8 Å². The molecule has 2 rings (SSSR count). The Labute approximate surface area is 140 Å². The summed E-state index contributed by atoms with van der Waals surface area (Å²) in [5.41, 5.74) is 0.303. The molecule has 6 nitrogen and oxygen atoms in total. The van der Waals surface area contributed by atoms with Gasteiger partial charge in [0.05, 0.1) is 12.1 Å². The van der Waals surface area contributed by atoms with Crippen molar-refractivity contribution in [2.75, 3.05) is 20.3 Å². The Morgan fingerprint density at radius 3 is 2.65 bits per heavy atom. The van der Waals surface area contributed by atoms with Crippen molar-refractivity contribution in [1.29, 1.82) is 0 Å². The first kappa shape index (κ1) is 17.4. The van der Waals surface area contributed by atoms with Gasteiger partial charge in [-0.15, -0.1) is 0 Å². The third kappa shape index (κ3) is 4.28. The second-order valence-electron chi connectivity index (χ2n) is 5.66. The molecular weight excluding hydrogens is 322 g/mol. The zero-order valence-corrected chi connectivity index (χ0v) is 14.1. The van der Waals surface area contributed by atoms with E-state index < -0.39 is 17.9 Å². The maximum atomic E-state index is 12.4. The van der Waals surface area contributed by atoms with Crippen molar-refractivity contribution in [3.63, 3.8) is 0 Å². The molecule has 0 spiro atoms. The predicted molar refractivity (Wildman–Crippen MR) is 85.2 cm³/mol. The number of carbonyl (C=O) groups is 2. The SMILES string of the molecule is COC(=O)[C@@H](CC(C)C)NC(=O)c1cc(Cl)c2c(c1)OCCO2. The third-order valence-corrected chi connectivity index (χ3v) is 3.64. The molecule has 1 heterocycles. The molecule has 1 amide bonds. The maximum Gasteiger partial charge on any atom is 0.328 e. The smallest absolute Gasteiger partial charge is 0.328 e. The summed E-state index contributed by atoms with van der Waals surface area (Å²) in [6, 6.07) is 2.34. The van der Waals surface area contributed by atoms with Crippen LogP contribution < -0.4 is 14.8 Å². The first-order chi connectivity index (χ1) is 10.9. The molecule has 0 unspecified atom stereocenters. The van der Waals surface area contributed by atoms with Gasteiger partial charge in [-0.2, -0.15) is 0 Å². The average Bonchev–Trinajstić information content (AvgIpc) is 2.53. The van der Waals surface area contributed by atoms with Crippen LogP contribution in [0.15, 0.2) is 12.1 Å². The van der Waals surface area contributed by atoms with Crippen LogP contribution in [0, 0.1) is 5.92 Å². The molecule has 23 heavy (non-hydrogen) atoms. The van der Waals surface area contributed by atoms with E-state index in [1.54, 1.807) is 6.07 Å². The number of benzene rings is 1. The van der Waals surface area contributed by atoms with Crippen LogP contribution in [0.3, 0.4) is 0 Å². The molecule has 1 aliphatic rings. The highest BCUT2D eigenvalue weighted by atomic mass is 35.5. The monoisotopic (exact) mass is 341 g/mol. The summed E-state index contributed by atoms with van der Waals surface area (Å²) in [4.78, 5) is 24.2. The number of fused-ring (bicyclic) bond motifs is 1. The Bertz CT molecular complexity index is 602. The molecule has 0 bridgehead atoms. The molecule has 1 aliphatic heterocycles. The Hall–Kier alpha value is -1.95. The third-order valence-electron chi connectivity index (χ3n) is 3.36. The van der Waals surface area contributed by atoms with Gasteiger partial charge in [-0.3, -0.25) is 4.79 Å². The minimum atomic E-state index is -0.709. The molecule has 0 aliphatic carbocycles. The van der Waals surface area contributed by atoms with Gasteiger partial charge in [-0.25, -0.2) is 4.79 Å². The van der Waals surface area contributed by atoms with Gasteiger partial charge in [-0.05, 0) is 24.5 Å². The fraction of sp³-hybridized carbons (Fsp3) is 0.500. The van der Waals surface area contributed by atoms with Gasteiger partial charge in [0.15, 0.2) is 11.5 Å². The lowest BCUT2D eigenvalue weighted by Crippen LogP contribution is -2.42. The number of nitrogens with one attached hydrogen (secondary N) is 1. The van der Waals surface area contributed by atoms with Gasteiger partial charge in [0.25, 0.3) is 5.91 Å². The van der Waals surface area contributed by atoms with E-state index in [1.165, 1.54) is 13.2 Å². The fourth-order valence-corrected chi connectivity index (χ4v) is 2.58. The van der Waals surface area contributed by atoms with Crippen molar-refractivity contribution >= 4 is 23.5 Å². The Kier molecular flexibility index (Phi) is 5.71. The number of esters is 1. The largest absolute Gasteiger partial charge is 0.486 e. The van der Waals surface area contributed by atoms with E-state index in [9.17, 15) is 9.59 Å². The van der Waals surface area contributed by atoms with Crippen molar-refractivity contribution in [3.8, 4) is 11.5 Å². The Morgan fingerprint density at radius 1 is 1.30 bits per heavy atom. The van der Waals surface area contributed by atoms with Crippen LogP contribution in [0.5, 0.6) is 11.5 Å². The highest BCUT2D eigenvalue weighted by molar-refractivity contribution is 6.32. The van der Waals surface area contributed by atoms with Crippen LogP contribution in [0.4, 0.5) is 0 Å². The summed E-state index contributed by atoms with van der Waals surface area (Å²) in [6.07, 6.45) is 0.483. The summed E-state index contributed by atoms with van der Waals surface area (Å²) in [5.74, 6) is 0.187. The molecule has 126 valence electrons. The summed E-state index contributed by atoms with van der Waals surface area (Å²) >= 11 is 6.13. The fourth-order valence-electron chi connectivity index (χ4n) is 2.31. The number of amides is 1. The van der Waals surface area contributed by atoms with Crippen molar-refractivity contribution in [2.45, 2.75) is 26.3 Å². The van der Waals surface area contributed by atoms with E-state index in [4.69, 9.17) is 25.8 Å². The molecule has 0 fully saturated rings. The van der Waals surface area contributed by atoms with E-state index in [2.05, 4.69) is 5.32 Å². The number of rotatable bonds is 5. The summed E-state index contributed by atoms with van der Waals surface area (Å²) in [7, 11) is 1.29. The molecule has 0 saturated carbocycles. The minimum Gasteiger partial charge on any atom is -0.486 e. The molecular formula is C16H20ClNO5. The zero-order valence-electron chi connectivity index (χ0n) is 13.3. The van der Waals surface area contributed by atoms with Crippen molar-refractivity contribution in [2.24, 2.45) is 5.92 Å². The van der Waals surface area contributed by atoms with Gasteiger partial charge in [-0.1, -0.05) is 25.4 Å². The van der Waals surface area contributed by atoms with Gasteiger partial charge in [0.2, 0.25) is 0 Å². The molecule has 1 aromatic carbocycles. The molecule has 0 aromatic heterocycles. The van der Waals surface area contributed by atoms with Gasteiger partial charge < -0.3 is 19.5 Å². The zero-order chi connectivity index (χ0) is 17.0. The highest BCUT2D eigenvalue weighted by Crippen LogP contribution is 2.38. The van der Waals surface area contributed by atoms with Crippen LogP contribution in [0.1, 0.15) is 30.6 Å². The van der Waals surface area contributed by atoms with Gasteiger partial charge in [0, 0.05) is 5.56 Å². The normalized spacial score (nSPS) is 14.3. The number of halogens is 1. The van der Waals surface area contributed by atoms with E-state index >= 15 is 0 Å². The summed E-state index contributed by atoms with van der Waals surface area (Å²) < 4.78 is 15.6. The van der Waals surface area contributed by atoms with Crippen LogP contribution in [-0.4, -0.2) is 38.2 Å². The Balaban J connectivity index is 2.18. The highest BCUT2D eigenvalue weighted by Gasteiger charge is 2.25. The number of carbonyl (C=O) groups excluding carboxylic acids is 2. The number of methoxy groups -OCH3 is 1. The average molecular weight is 342 g/mol. The summed E-state index contributed by atoms with van der Waals surface area (Å²) in [5, 5.41) is 2.98. The molecule has 1 atom stereocenters. The lowest BCUT2D eigenvalue weighted by Gasteiger charge is -2.21. The quantitative estimate of drug-likeness (QED) is 0.833. The van der Waals surface area contributed by atoms with Gasteiger partial charge in [0.1, 0.15) is 19.3 Å². The van der Waals surface area contributed by atoms with E-state index in [0.717, 1.165) is 0 Å². The molecule has 1 N–H and O–H groups in total. The second kappa shape index (κ2) is 7.55. The summed E-state index contributed by atoms with van der Waals surface area (Å²) in [6.45, 7) is 4.73. The molecule has 7 heteroatoms. The molecule has 0 saturated heterocycles. The lowest BCUT2D eigenvalue weighted by atomic mass is 10.0. The minimum absolute atomic E-state index is 0.225. The number of ether oxygens (including phenoxy) is 3. The topological polar surface area (TPSA) is 73.9 Å². The maximum absolute atomic E-state index is 12.4. The van der Waals surface area contributed by atoms with Crippen molar-refractivity contribution in [3.05, 3.63) is 22.7 Å². The molecule has 0 radical (unpaired) electrons. The van der Waals surface area contributed by atoms with E-state index in [0.29, 0.717) is 41.7 Å².